The van der Waals surface area contributed by atoms with E-state index >= 15 is 0 Å². The number of methoxy groups -OCH3 is 2. The number of ether oxygens (including phenoxy) is 3. The van der Waals surface area contributed by atoms with Crippen LogP contribution in [0.2, 0.25) is 0 Å². The quantitative estimate of drug-likeness (QED) is 0.238. The molecule has 0 amide bonds. The number of aliphatic carboxylic acids is 1. The summed E-state index contributed by atoms with van der Waals surface area (Å²) in [5.74, 6) is -2.56. The van der Waals surface area contributed by atoms with Gasteiger partial charge in [0.2, 0.25) is 0 Å². The number of carboxylic acid groups (broad SMARTS) is 1. The van der Waals surface area contributed by atoms with Crippen LogP contribution in [0.15, 0.2) is 50.6 Å². The molecule has 0 bridgehead atoms. The van der Waals surface area contributed by atoms with Gasteiger partial charge in [0.1, 0.15) is 0 Å². The first-order valence-corrected chi connectivity index (χ1v) is 7.27. The molecule has 0 aliphatic heterocycles. The number of hydrogen-bond acceptors (Lipinski definition) is 7. The molecular weight excluding hydrogens is 344 g/mol. The van der Waals surface area contributed by atoms with E-state index in [1.165, 1.54) is 20.3 Å². The van der Waals surface area contributed by atoms with Gasteiger partial charge in [0.25, 0.3) is 0 Å². The van der Waals surface area contributed by atoms with Crippen LogP contribution in [0.25, 0.3) is 0 Å². The molecule has 0 rings (SSSR count). The number of carbonyl (C=O) groups excluding carboxylic acids is 3. The Bertz CT molecular complexity index is 452. The van der Waals surface area contributed by atoms with E-state index < -0.39 is 17.9 Å². The van der Waals surface area contributed by atoms with E-state index in [-0.39, 0.29) is 5.97 Å². The molecule has 148 valence electrons. The van der Waals surface area contributed by atoms with Crippen LogP contribution in [0.5, 0.6) is 0 Å². The average molecular weight is 372 g/mol. The van der Waals surface area contributed by atoms with E-state index in [2.05, 4.69) is 40.5 Å². The normalized spacial score (nSPS) is 7.96. The summed E-state index contributed by atoms with van der Waals surface area (Å²) in [5, 5.41) is 7.96. The summed E-state index contributed by atoms with van der Waals surface area (Å²) in [6.45, 7) is 15.0. The summed E-state index contributed by atoms with van der Waals surface area (Å²) >= 11 is 0. The van der Waals surface area contributed by atoms with Crippen LogP contribution < -0.4 is 0 Å². The van der Waals surface area contributed by atoms with Crippen LogP contribution >= 0.6 is 0 Å². The molecule has 0 spiro atoms. The highest BCUT2D eigenvalue weighted by Crippen LogP contribution is 1.88. The maximum Gasteiger partial charge on any atom is 0.330 e. The lowest BCUT2D eigenvalue weighted by Gasteiger charge is -1.97. The zero-order chi connectivity index (χ0) is 21.4. The molecule has 0 atom stereocenters. The first kappa shape index (κ1) is 30.7. The second kappa shape index (κ2) is 26.7. The SMILES string of the molecule is C=C.C=CC(=O)OC.C=CC(=O)OCCCC.COC(=O)C=CC(=O)O. The molecule has 0 aliphatic rings. The van der Waals surface area contributed by atoms with Crippen molar-refractivity contribution in [3.05, 3.63) is 50.6 Å². The van der Waals surface area contributed by atoms with Crippen molar-refractivity contribution in [3.8, 4) is 0 Å². The number of unbranched alkanes of at least 4 members (excludes halogenated alkanes) is 1. The van der Waals surface area contributed by atoms with E-state index in [1.54, 1.807) is 0 Å². The van der Waals surface area contributed by atoms with E-state index in [9.17, 15) is 19.2 Å². The molecule has 0 saturated carbocycles. The first-order chi connectivity index (χ1) is 12.3. The minimum Gasteiger partial charge on any atom is -0.478 e. The van der Waals surface area contributed by atoms with Crippen molar-refractivity contribution < 1.29 is 38.5 Å². The lowest BCUT2D eigenvalue weighted by molar-refractivity contribution is -0.138. The molecule has 1 N–H and O–H groups in total. The molecule has 0 radical (unpaired) electrons. The molecule has 8 heteroatoms. The van der Waals surface area contributed by atoms with Crippen LogP contribution in [0.1, 0.15) is 19.8 Å². The number of hydrogen-bond donors (Lipinski definition) is 1. The predicted octanol–water partition coefficient (Wildman–Crippen LogP) is 2.46. The summed E-state index contributed by atoms with van der Waals surface area (Å²) in [5.41, 5.74) is 0. The third-order valence-electron chi connectivity index (χ3n) is 1.84. The van der Waals surface area contributed by atoms with Crippen molar-refractivity contribution in [2.45, 2.75) is 19.8 Å². The Kier molecular flexibility index (Phi) is 31.5. The molecule has 0 saturated heterocycles. The van der Waals surface area contributed by atoms with Crippen molar-refractivity contribution >= 4 is 23.9 Å². The lowest BCUT2D eigenvalue weighted by atomic mass is 10.4. The zero-order valence-electron chi connectivity index (χ0n) is 15.6. The fourth-order valence-electron chi connectivity index (χ4n) is 0.667. The van der Waals surface area contributed by atoms with Gasteiger partial charge in [0.15, 0.2) is 0 Å². The Morgan fingerprint density at radius 1 is 0.885 bits per heavy atom. The van der Waals surface area contributed by atoms with Gasteiger partial charge in [-0.1, -0.05) is 26.5 Å². The molecule has 0 unspecified atom stereocenters. The predicted molar refractivity (Wildman–Crippen MR) is 98.3 cm³/mol. The maximum absolute atomic E-state index is 10.3. The van der Waals surface area contributed by atoms with Crippen LogP contribution in [0, 0.1) is 0 Å². The molecule has 0 aromatic carbocycles. The second-order valence-corrected chi connectivity index (χ2v) is 3.65. The third kappa shape index (κ3) is 37.2. The molecule has 0 aromatic heterocycles. The third-order valence-corrected chi connectivity index (χ3v) is 1.84. The van der Waals surface area contributed by atoms with E-state index in [0.717, 1.165) is 25.0 Å². The summed E-state index contributed by atoms with van der Waals surface area (Å²) in [7, 11) is 2.48. The molecule has 26 heavy (non-hydrogen) atoms. The monoisotopic (exact) mass is 372 g/mol. The smallest absolute Gasteiger partial charge is 0.330 e. The highest BCUT2D eigenvalue weighted by Gasteiger charge is 1.92. The van der Waals surface area contributed by atoms with E-state index in [4.69, 9.17) is 5.11 Å². The van der Waals surface area contributed by atoms with E-state index in [0.29, 0.717) is 12.7 Å². The van der Waals surface area contributed by atoms with Gasteiger partial charge in [-0.15, -0.1) is 13.2 Å². The van der Waals surface area contributed by atoms with Crippen molar-refractivity contribution in [3.63, 3.8) is 0 Å². The Morgan fingerprint density at radius 3 is 1.62 bits per heavy atom. The van der Waals surface area contributed by atoms with Crippen molar-refractivity contribution in [1.29, 1.82) is 0 Å². The minimum atomic E-state index is -1.17. The Labute approximate surface area is 154 Å². The number of carboxylic acids is 1. The summed E-state index contributed by atoms with van der Waals surface area (Å²) < 4.78 is 12.9. The van der Waals surface area contributed by atoms with Gasteiger partial charge in [0.05, 0.1) is 20.8 Å². The summed E-state index contributed by atoms with van der Waals surface area (Å²) in [4.78, 5) is 40.1. The largest absolute Gasteiger partial charge is 0.478 e. The highest BCUT2D eigenvalue weighted by atomic mass is 16.5. The Hall–Kier alpha value is -3.16. The fraction of sp³-hybridized carbons (Fsp3) is 0.333. The van der Waals surface area contributed by atoms with Crippen LogP contribution in [0.3, 0.4) is 0 Å². The zero-order valence-corrected chi connectivity index (χ0v) is 15.6. The van der Waals surface area contributed by atoms with Gasteiger partial charge in [0, 0.05) is 24.3 Å². The number of esters is 3. The van der Waals surface area contributed by atoms with Gasteiger partial charge in [-0.3, -0.25) is 0 Å². The fourth-order valence-corrected chi connectivity index (χ4v) is 0.667. The van der Waals surface area contributed by atoms with Gasteiger partial charge >= 0.3 is 23.9 Å². The molecule has 8 nitrogen and oxygen atoms in total. The molecule has 0 fully saturated rings. The van der Waals surface area contributed by atoms with Gasteiger partial charge < -0.3 is 19.3 Å². The van der Waals surface area contributed by atoms with Crippen LogP contribution in [-0.4, -0.2) is 49.8 Å². The Balaban J connectivity index is -0.000000136. The van der Waals surface area contributed by atoms with Gasteiger partial charge in [-0.2, -0.15) is 0 Å². The molecular formula is C18H28O8. The molecule has 0 aliphatic carbocycles. The number of carbonyl (C=O) groups is 4. The van der Waals surface area contributed by atoms with Gasteiger partial charge in [-0.05, 0) is 6.42 Å². The topological polar surface area (TPSA) is 116 Å². The van der Waals surface area contributed by atoms with Crippen LogP contribution in [-0.2, 0) is 33.4 Å². The van der Waals surface area contributed by atoms with Crippen molar-refractivity contribution in [2.75, 3.05) is 20.8 Å². The average Bonchev–Trinajstić information content (AvgIpc) is 2.67. The standard InChI is InChI=1S/C7H12O2.C5H6O4.C4H6O2.C2H4/c1-3-5-6-9-7(8)4-2;1-9-5(8)3-2-4(6)7;1-3-4(5)6-2;1-2/h4H,2-3,5-6H2,1H3;2-3H,1H3,(H,6,7);3H,1H2,2H3;1-2H2. The lowest BCUT2D eigenvalue weighted by Crippen LogP contribution is -2.00. The maximum atomic E-state index is 10.3. The van der Waals surface area contributed by atoms with Gasteiger partial charge in [-0.25, -0.2) is 19.2 Å². The van der Waals surface area contributed by atoms with Crippen molar-refractivity contribution in [1.82, 2.24) is 0 Å². The minimum absolute atomic E-state index is 0.330. The van der Waals surface area contributed by atoms with E-state index in [1.807, 2.05) is 6.92 Å². The number of rotatable bonds is 7. The second-order valence-electron chi connectivity index (χ2n) is 3.65. The summed E-state index contributed by atoms with van der Waals surface area (Å²) in [6, 6.07) is 0. The molecule has 0 aromatic rings. The Morgan fingerprint density at radius 2 is 1.35 bits per heavy atom. The summed E-state index contributed by atoms with van der Waals surface area (Å²) in [6.07, 6.45) is 5.81. The van der Waals surface area contributed by atoms with Crippen LogP contribution in [0.4, 0.5) is 0 Å². The first-order valence-electron chi connectivity index (χ1n) is 7.27. The molecule has 0 heterocycles. The van der Waals surface area contributed by atoms with Crippen molar-refractivity contribution in [2.24, 2.45) is 0 Å². The highest BCUT2D eigenvalue weighted by molar-refractivity contribution is 5.90.